The molecule has 2 saturated heterocycles. The smallest absolute Gasteiger partial charge is 0.193 e. The molecule has 0 unspecified atom stereocenters. The Labute approximate surface area is 190 Å². The summed E-state index contributed by atoms with van der Waals surface area (Å²) >= 11 is 0. The van der Waals surface area contributed by atoms with E-state index in [9.17, 15) is 0 Å². The van der Waals surface area contributed by atoms with Gasteiger partial charge in [0.2, 0.25) is 0 Å². The first kappa shape index (κ1) is 24.2. The van der Waals surface area contributed by atoms with Crippen LogP contribution in [0.25, 0.3) is 0 Å². The van der Waals surface area contributed by atoms with Gasteiger partial charge in [0.05, 0.1) is 6.10 Å². The predicted octanol–water partition coefficient (Wildman–Crippen LogP) is 3.97. The van der Waals surface area contributed by atoms with E-state index in [0.29, 0.717) is 6.10 Å². The second kappa shape index (κ2) is 13.3. The van der Waals surface area contributed by atoms with Crippen molar-refractivity contribution in [1.82, 2.24) is 15.1 Å². The van der Waals surface area contributed by atoms with Gasteiger partial charge in [0.25, 0.3) is 0 Å². The fourth-order valence-corrected chi connectivity index (χ4v) is 5.00. The lowest BCUT2D eigenvalue weighted by molar-refractivity contribution is 0.00101. The zero-order chi connectivity index (χ0) is 18.9. The third kappa shape index (κ3) is 7.63. The highest BCUT2D eigenvalue weighted by Crippen LogP contribution is 2.26. The molecule has 1 N–H and O–H groups in total. The van der Waals surface area contributed by atoms with Crippen LogP contribution in [0, 0.1) is 11.8 Å². The summed E-state index contributed by atoms with van der Waals surface area (Å²) in [4.78, 5) is 9.53. The van der Waals surface area contributed by atoms with Crippen LogP contribution < -0.4 is 5.32 Å². The molecule has 0 amide bonds. The van der Waals surface area contributed by atoms with Crippen LogP contribution in [0.15, 0.2) is 4.99 Å². The molecule has 6 heteroatoms. The summed E-state index contributed by atoms with van der Waals surface area (Å²) in [5.41, 5.74) is 0. The molecule has 2 heterocycles. The Morgan fingerprint density at radius 1 is 0.964 bits per heavy atom. The summed E-state index contributed by atoms with van der Waals surface area (Å²) in [6.45, 7) is 10.2. The minimum absolute atomic E-state index is 0. The van der Waals surface area contributed by atoms with Crippen molar-refractivity contribution in [2.45, 2.75) is 70.8 Å². The summed E-state index contributed by atoms with van der Waals surface area (Å²) < 4.78 is 6.22. The lowest BCUT2D eigenvalue weighted by Gasteiger charge is -2.35. The van der Waals surface area contributed by atoms with Crippen LogP contribution in [0.3, 0.4) is 0 Å². The van der Waals surface area contributed by atoms with E-state index in [4.69, 9.17) is 4.74 Å². The van der Waals surface area contributed by atoms with Gasteiger partial charge >= 0.3 is 0 Å². The lowest BCUT2D eigenvalue weighted by atomic mass is 9.93. The Morgan fingerprint density at radius 3 is 2.25 bits per heavy atom. The number of likely N-dealkylation sites (tertiary alicyclic amines) is 2. The van der Waals surface area contributed by atoms with Gasteiger partial charge in [-0.05, 0) is 76.4 Å². The Kier molecular flexibility index (Phi) is 11.5. The van der Waals surface area contributed by atoms with Crippen molar-refractivity contribution in [2.24, 2.45) is 16.8 Å². The zero-order valence-electron chi connectivity index (χ0n) is 18.2. The molecule has 1 saturated carbocycles. The van der Waals surface area contributed by atoms with Crippen LogP contribution in [0.2, 0.25) is 0 Å². The number of rotatable bonds is 7. The molecule has 3 rings (SSSR count). The first-order valence-electron chi connectivity index (χ1n) is 11.6. The highest BCUT2D eigenvalue weighted by molar-refractivity contribution is 14.0. The molecule has 3 aliphatic rings. The van der Waals surface area contributed by atoms with E-state index in [0.717, 1.165) is 56.9 Å². The van der Waals surface area contributed by atoms with Gasteiger partial charge in [-0.15, -0.1) is 24.0 Å². The predicted molar refractivity (Wildman–Crippen MR) is 129 cm³/mol. The number of piperidine rings is 2. The number of hydrogen-bond acceptors (Lipinski definition) is 3. The maximum Gasteiger partial charge on any atom is 0.193 e. The third-order valence-corrected chi connectivity index (χ3v) is 6.99. The van der Waals surface area contributed by atoms with Crippen LogP contribution in [-0.2, 0) is 4.74 Å². The van der Waals surface area contributed by atoms with Crippen LogP contribution >= 0.6 is 24.0 Å². The van der Waals surface area contributed by atoms with Crippen molar-refractivity contribution in [1.29, 1.82) is 0 Å². The molecule has 0 radical (unpaired) electrons. The molecular weight excluding hydrogens is 463 g/mol. The fraction of sp³-hybridized carbons (Fsp3) is 0.955. The third-order valence-electron chi connectivity index (χ3n) is 6.99. The largest absolute Gasteiger partial charge is 0.378 e. The molecule has 0 spiro atoms. The molecule has 3 fully saturated rings. The fourth-order valence-electron chi connectivity index (χ4n) is 5.00. The SMILES string of the molecule is CCN1CCC(CCNC(=NC)N2CCC(OCC3CCCC3)CC2)CC1.I. The molecule has 5 nitrogen and oxygen atoms in total. The number of hydrogen-bond donors (Lipinski definition) is 1. The number of nitrogens with one attached hydrogen (secondary N) is 1. The lowest BCUT2D eigenvalue weighted by Crippen LogP contribution is -2.47. The van der Waals surface area contributed by atoms with E-state index in [1.54, 1.807) is 0 Å². The van der Waals surface area contributed by atoms with Crippen molar-refractivity contribution >= 4 is 29.9 Å². The highest BCUT2D eigenvalue weighted by Gasteiger charge is 2.24. The Morgan fingerprint density at radius 2 is 1.64 bits per heavy atom. The molecule has 28 heavy (non-hydrogen) atoms. The van der Waals surface area contributed by atoms with Gasteiger partial charge < -0.3 is 19.9 Å². The number of halogens is 1. The van der Waals surface area contributed by atoms with Gasteiger partial charge in [-0.2, -0.15) is 0 Å². The topological polar surface area (TPSA) is 40.1 Å². The molecule has 0 aromatic heterocycles. The van der Waals surface area contributed by atoms with E-state index < -0.39 is 0 Å². The normalized spacial score (nSPS) is 23.8. The number of ether oxygens (including phenoxy) is 1. The molecule has 0 aromatic rings. The van der Waals surface area contributed by atoms with Gasteiger partial charge in [0.1, 0.15) is 0 Å². The monoisotopic (exact) mass is 506 g/mol. The van der Waals surface area contributed by atoms with Crippen molar-refractivity contribution in [3.8, 4) is 0 Å². The molecule has 0 bridgehead atoms. The van der Waals surface area contributed by atoms with Gasteiger partial charge in [0.15, 0.2) is 5.96 Å². The van der Waals surface area contributed by atoms with Gasteiger partial charge in [-0.25, -0.2) is 0 Å². The number of aliphatic imine (C=N–C) groups is 1. The molecule has 1 aliphatic carbocycles. The molecule has 2 aliphatic heterocycles. The minimum Gasteiger partial charge on any atom is -0.378 e. The number of nitrogens with zero attached hydrogens (tertiary/aromatic N) is 3. The number of guanidine groups is 1. The quantitative estimate of drug-likeness (QED) is 0.322. The van der Waals surface area contributed by atoms with Crippen molar-refractivity contribution in [3.63, 3.8) is 0 Å². The van der Waals surface area contributed by atoms with Crippen molar-refractivity contribution in [3.05, 3.63) is 0 Å². The Balaban J connectivity index is 0.00000280. The van der Waals surface area contributed by atoms with Crippen molar-refractivity contribution < 1.29 is 4.74 Å². The summed E-state index contributed by atoms with van der Waals surface area (Å²) in [5.74, 6) is 2.81. The summed E-state index contributed by atoms with van der Waals surface area (Å²) in [5, 5.41) is 3.62. The van der Waals surface area contributed by atoms with E-state index >= 15 is 0 Å². The van der Waals surface area contributed by atoms with Crippen LogP contribution in [0.5, 0.6) is 0 Å². The van der Waals surface area contributed by atoms with Gasteiger partial charge in [0, 0.05) is 33.3 Å². The van der Waals surface area contributed by atoms with Gasteiger partial charge in [-0.3, -0.25) is 4.99 Å². The van der Waals surface area contributed by atoms with E-state index in [1.807, 2.05) is 7.05 Å². The molecule has 164 valence electrons. The van der Waals surface area contributed by atoms with E-state index in [1.165, 1.54) is 64.6 Å². The second-order valence-electron chi connectivity index (χ2n) is 8.81. The van der Waals surface area contributed by atoms with Crippen molar-refractivity contribution in [2.75, 3.05) is 52.9 Å². The summed E-state index contributed by atoms with van der Waals surface area (Å²) in [6.07, 6.45) is 12.3. The average molecular weight is 507 g/mol. The first-order valence-corrected chi connectivity index (χ1v) is 11.6. The summed E-state index contributed by atoms with van der Waals surface area (Å²) in [7, 11) is 1.92. The Bertz CT molecular complexity index is 440. The zero-order valence-corrected chi connectivity index (χ0v) is 20.5. The first-order chi connectivity index (χ1) is 13.3. The van der Waals surface area contributed by atoms with E-state index in [-0.39, 0.29) is 24.0 Å². The Hall–Kier alpha value is -0.0800. The maximum absolute atomic E-state index is 6.22. The van der Waals surface area contributed by atoms with E-state index in [2.05, 4.69) is 27.0 Å². The molecular formula is C22H43IN4O. The standard InChI is InChI=1S/C22H42N4O.HI/c1-3-25-14-9-19(10-15-25)8-13-24-22(23-2)26-16-11-21(12-17-26)27-18-20-6-4-5-7-20;/h19-21H,3-18H2,1-2H3,(H,23,24);1H. The average Bonchev–Trinajstić information content (AvgIpc) is 3.24. The van der Waals surface area contributed by atoms with Crippen LogP contribution in [-0.4, -0.2) is 74.8 Å². The maximum atomic E-state index is 6.22. The second-order valence-corrected chi connectivity index (χ2v) is 8.81. The minimum atomic E-state index is 0. The van der Waals surface area contributed by atoms with Crippen LogP contribution in [0.4, 0.5) is 0 Å². The summed E-state index contributed by atoms with van der Waals surface area (Å²) in [6, 6.07) is 0. The molecule has 0 atom stereocenters. The highest BCUT2D eigenvalue weighted by atomic mass is 127. The van der Waals surface area contributed by atoms with Crippen LogP contribution in [0.1, 0.15) is 64.7 Å². The van der Waals surface area contributed by atoms with Gasteiger partial charge in [-0.1, -0.05) is 19.8 Å². The molecule has 0 aromatic carbocycles.